The van der Waals surface area contributed by atoms with Gasteiger partial charge < -0.3 is 19.7 Å². The van der Waals surface area contributed by atoms with Crippen molar-refractivity contribution in [3.05, 3.63) is 33.1 Å². The lowest BCUT2D eigenvalue weighted by Crippen LogP contribution is -2.45. The van der Waals surface area contributed by atoms with Crippen molar-refractivity contribution in [1.29, 1.82) is 0 Å². The quantitative estimate of drug-likeness (QED) is 0.574. The first-order chi connectivity index (χ1) is 8.52. The Morgan fingerprint density at radius 1 is 1.67 bits per heavy atom. The van der Waals surface area contributed by atoms with Gasteiger partial charge in [-0.3, -0.25) is 9.78 Å². The first-order valence-electron chi connectivity index (χ1n) is 5.37. The SMILES string of the molecule is CO[C@]1(n2ccc(=O)[nH]c2=O)C[C@H](O)[C@@H](CO)O1. The second-order valence-electron chi connectivity index (χ2n) is 4.01. The number of ether oxygens (including phenoxy) is 2. The molecule has 3 atom stereocenters. The van der Waals surface area contributed by atoms with Crippen LogP contribution in [0.3, 0.4) is 0 Å². The van der Waals surface area contributed by atoms with Crippen molar-refractivity contribution < 1.29 is 19.7 Å². The van der Waals surface area contributed by atoms with Crippen molar-refractivity contribution in [3.8, 4) is 0 Å². The lowest BCUT2D eigenvalue weighted by Gasteiger charge is -2.28. The lowest BCUT2D eigenvalue weighted by atomic mass is 10.2. The highest BCUT2D eigenvalue weighted by molar-refractivity contribution is 4.91. The van der Waals surface area contributed by atoms with Crippen LogP contribution in [0.15, 0.2) is 21.9 Å². The molecule has 1 aliphatic heterocycles. The van der Waals surface area contributed by atoms with Crippen molar-refractivity contribution in [1.82, 2.24) is 9.55 Å². The fourth-order valence-electron chi connectivity index (χ4n) is 1.99. The zero-order valence-corrected chi connectivity index (χ0v) is 9.70. The Hall–Kier alpha value is -1.48. The van der Waals surface area contributed by atoms with Crippen LogP contribution < -0.4 is 11.2 Å². The number of rotatable bonds is 3. The van der Waals surface area contributed by atoms with Crippen molar-refractivity contribution in [2.75, 3.05) is 13.7 Å². The van der Waals surface area contributed by atoms with Gasteiger partial charge >= 0.3 is 5.69 Å². The molecular weight excluding hydrogens is 244 g/mol. The highest BCUT2D eigenvalue weighted by atomic mass is 16.7. The average Bonchev–Trinajstić information content (AvgIpc) is 2.67. The molecular formula is C10H14N2O6. The Kier molecular flexibility index (Phi) is 3.35. The first-order valence-corrected chi connectivity index (χ1v) is 5.37. The van der Waals surface area contributed by atoms with Crippen molar-refractivity contribution >= 4 is 0 Å². The first kappa shape index (κ1) is 13.0. The fourth-order valence-corrected chi connectivity index (χ4v) is 1.99. The van der Waals surface area contributed by atoms with Crippen LogP contribution in [0, 0.1) is 0 Å². The summed E-state index contributed by atoms with van der Waals surface area (Å²) in [7, 11) is 1.31. The van der Waals surface area contributed by atoms with E-state index in [0.29, 0.717) is 0 Å². The largest absolute Gasteiger partial charge is 0.394 e. The number of aromatic nitrogens is 2. The van der Waals surface area contributed by atoms with Gasteiger partial charge in [0.25, 0.3) is 11.5 Å². The second-order valence-corrected chi connectivity index (χ2v) is 4.01. The van der Waals surface area contributed by atoms with Crippen molar-refractivity contribution in [2.24, 2.45) is 0 Å². The average molecular weight is 258 g/mol. The van der Waals surface area contributed by atoms with Gasteiger partial charge in [-0.1, -0.05) is 0 Å². The van der Waals surface area contributed by atoms with Gasteiger partial charge in [-0.05, 0) is 0 Å². The van der Waals surface area contributed by atoms with Gasteiger partial charge in [-0.2, -0.15) is 0 Å². The van der Waals surface area contributed by atoms with Crippen LogP contribution in [0.25, 0.3) is 0 Å². The number of hydrogen-bond acceptors (Lipinski definition) is 6. The summed E-state index contributed by atoms with van der Waals surface area (Å²) in [5.41, 5.74) is -1.25. The van der Waals surface area contributed by atoms with Gasteiger partial charge in [-0.25, -0.2) is 9.36 Å². The number of aliphatic hydroxyl groups excluding tert-OH is 2. The fraction of sp³-hybridized carbons (Fsp3) is 0.600. The molecule has 8 nitrogen and oxygen atoms in total. The van der Waals surface area contributed by atoms with Crippen LogP contribution in [0.4, 0.5) is 0 Å². The van der Waals surface area contributed by atoms with Crippen molar-refractivity contribution in [2.45, 2.75) is 24.5 Å². The standard InChI is InChI=1S/C10H14N2O6/c1-17-10(4-6(14)7(5-13)18-10)12-3-2-8(15)11-9(12)16/h2-3,6-7,13-14H,4-5H2,1H3,(H,11,15,16)/t6-,7+,10+/m0/s1. The molecule has 0 aromatic carbocycles. The van der Waals surface area contributed by atoms with Gasteiger partial charge in [0.2, 0.25) is 0 Å². The van der Waals surface area contributed by atoms with Crippen LogP contribution in [-0.2, 0) is 15.4 Å². The van der Waals surface area contributed by atoms with Crippen LogP contribution in [0.2, 0.25) is 0 Å². The molecule has 0 bridgehead atoms. The summed E-state index contributed by atoms with van der Waals surface area (Å²) in [6, 6.07) is 1.14. The van der Waals surface area contributed by atoms with Gasteiger partial charge in [0, 0.05) is 19.4 Å². The third kappa shape index (κ3) is 1.99. The molecule has 100 valence electrons. The Balaban J connectivity index is 2.46. The van der Waals surface area contributed by atoms with E-state index >= 15 is 0 Å². The molecule has 1 saturated heterocycles. The molecule has 18 heavy (non-hydrogen) atoms. The molecule has 0 spiro atoms. The van der Waals surface area contributed by atoms with E-state index in [1.165, 1.54) is 13.3 Å². The van der Waals surface area contributed by atoms with Crippen molar-refractivity contribution in [3.63, 3.8) is 0 Å². The van der Waals surface area contributed by atoms with Gasteiger partial charge in [-0.15, -0.1) is 0 Å². The minimum absolute atomic E-state index is 0.0271. The third-order valence-electron chi connectivity index (χ3n) is 2.92. The minimum atomic E-state index is -1.52. The maximum absolute atomic E-state index is 11.7. The maximum atomic E-state index is 11.7. The molecule has 1 aromatic rings. The summed E-state index contributed by atoms with van der Waals surface area (Å²) >= 11 is 0. The zero-order chi connectivity index (χ0) is 13.3. The predicted molar refractivity (Wildman–Crippen MR) is 58.9 cm³/mol. The van der Waals surface area contributed by atoms with Gasteiger partial charge in [0.1, 0.15) is 6.10 Å². The molecule has 0 amide bonds. The number of nitrogens with one attached hydrogen (secondary N) is 1. The smallest absolute Gasteiger partial charge is 0.332 e. The third-order valence-corrected chi connectivity index (χ3v) is 2.92. The van der Waals surface area contributed by atoms with E-state index in [9.17, 15) is 14.7 Å². The Morgan fingerprint density at radius 2 is 2.39 bits per heavy atom. The zero-order valence-electron chi connectivity index (χ0n) is 9.70. The summed E-state index contributed by atoms with van der Waals surface area (Å²) in [4.78, 5) is 24.8. The molecule has 2 heterocycles. The normalized spacial score (nSPS) is 31.7. The van der Waals surface area contributed by atoms with E-state index in [2.05, 4.69) is 4.98 Å². The number of hydrogen-bond donors (Lipinski definition) is 3. The van der Waals surface area contributed by atoms with Gasteiger partial charge in [0.15, 0.2) is 0 Å². The molecule has 0 radical (unpaired) electrons. The highest BCUT2D eigenvalue weighted by Gasteiger charge is 2.48. The molecule has 0 unspecified atom stereocenters. The molecule has 1 fully saturated rings. The summed E-state index contributed by atoms with van der Waals surface area (Å²) in [5.74, 6) is -1.52. The summed E-state index contributed by atoms with van der Waals surface area (Å²) in [5, 5.41) is 18.7. The van der Waals surface area contributed by atoms with Crippen LogP contribution in [0.1, 0.15) is 6.42 Å². The Bertz CT molecular complexity index is 538. The minimum Gasteiger partial charge on any atom is -0.394 e. The topological polar surface area (TPSA) is 114 Å². The molecule has 1 aliphatic rings. The predicted octanol–water partition coefficient (Wildman–Crippen LogP) is -2.06. The van der Waals surface area contributed by atoms with E-state index in [1.807, 2.05) is 0 Å². The molecule has 0 saturated carbocycles. The van der Waals surface area contributed by atoms with E-state index in [0.717, 1.165) is 10.6 Å². The highest BCUT2D eigenvalue weighted by Crippen LogP contribution is 2.34. The number of aromatic amines is 1. The van der Waals surface area contributed by atoms with Crippen LogP contribution in [-0.4, -0.2) is 45.7 Å². The van der Waals surface area contributed by atoms with E-state index in [1.54, 1.807) is 0 Å². The molecule has 2 rings (SSSR count). The summed E-state index contributed by atoms with van der Waals surface area (Å²) < 4.78 is 11.6. The lowest BCUT2D eigenvalue weighted by molar-refractivity contribution is -0.275. The molecule has 8 heteroatoms. The van der Waals surface area contributed by atoms with Crippen LogP contribution in [0.5, 0.6) is 0 Å². The van der Waals surface area contributed by atoms with Gasteiger partial charge in [0.05, 0.1) is 19.1 Å². The summed E-state index contributed by atoms with van der Waals surface area (Å²) in [6.07, 6.45) is -0.616. The number of methoxy groups -OCH3 is 1. The molecule has 3 N–H and O–H groups in total. The summed E-state index contributed by atoms with van der Waals surface area (Å²) in [6.45, 7) is -0.398. The number of aliphatic hydroxyl groups is 2. The van der Waals surface area contributed by atoms with E-state index < -0.39 is 36.0 Å². The van der Waals surface area contributed by atoms with E-state index in [4.69, 9.17) is 14.6 Å². The van der Waals surface area contributed by atoms with E-state index in [-0.39, 0.29) is 6.42 Å². The Morgan fingerprint density at radius 3 is 2.89 bits per heavy atom. The monoisotopic (exact) mass is 258 g/mol. The number of nitrogens with zero attached hydrogens (tertiary/aromatic N) is 1. The molecule has 0 aliphatic carbocycles. The second kappa shape index (κ2) is 4.65. The van der Waals surface area contributed by atoms with Crippen LogP contribution >= 0.6 is 0 Å². The Labute approximate surface area is 101 Å². The number of H-pyrrole nitrogens is 1. The maximum Gasteiger partial charge on any atom is 0.332 e. The molecule has 1 aromatic heterocycles.